The van der Waals surface area contributed by atoms with Crippen LogP contribution in [0.25, 0.3) is 11.0 Å². The van der Waals surface area contributed by atoms with Gasteiger partial charge in [-0.15, -0.1) is 11.6 Å². The summed E-state index contributed by atoms with van der Waals surface area (Å²) in [6.45, 7) is 7.78. The van der Waals surface area contributed by atoms with E-state index in [4.69, 9.17) is 11.6 Å². The van der Waals surface area contributed by atoms with E-state index in [0.29, 0.717) is 17.7 Å². The van der Waals surface area contributed by atoms with Crippen molar-refractivity contribution in [2.75, 3.05) is 5.88 Å². The monoisotopic (exact) mass is 265 g/mol. The summed E-state index contributed by atoms with van der Waals surface area (Å²) in [6.07, 6.45) is 4.45. The molecule has 2 heterocycles. The zero-order valence-corrected chi connectivity index (χ0v) is 12.0. The molecule has 0 radical (unpaired) electrons. The van der Waals surface area contributed by atoms with Crippen LogP contribution >= 0.6 is 11.6 Å². The third kappa shape index (κ3) is 2.66. The predicted molar refractivity (Wildman–Crippen MR) is 76.0 cm³/mol. The van der Waals surface area contributed by atoms with Crippen LogP contribution in [0.2, 0.25) is 0 Å². The van der Waals surface area contributed by atoms with Gasteiger partial charge in [0.1, 0.15) is 11.3 Å². The molecule has 0 aliphatic heterocycles. The molecular weight excluding hydrogens is 246 g/mol. The molecule has 3 nitrogen and oxygen atoms in total. The van der Waals surface area contributed by atoms with Crippen molar-refractivity contribution in [1.29, 1.82) is 0 Å². The van der Waals surface area contributed by atoms with E-state index < -0.39 is 0 Å². The van der Waals surface area contributed by atoms with Crippen molar-refractivity contribution < 1.29 is 0 Å². The Morgan fingerprint density at radius 3 is 2.78 bits per heavy atom. The molecule has 0 aliphatic carbocycles. The van der Waals surface area contributed by atoms with E-state index in [1.165, 1.54) is 0 Å². The van der Waals surface area contributed by atoms with Gasteiger partial charge in [-0.3, -0.25) is 4.98 Å². The van der Waals surface area contributed by atoms with Crippen LogP contribution < -0.4 is 0 Å². The molecule has 0 bridgehead atoms. The largest absolute Gasteiger partial charge is 0.328 e. The summed E-state index contributed by atoms with van der Waals surface area (Å²) in [5.74, 6) is 2.95. The number of nitrogens with zero attached hydrogens (tertiary/aromatic N) is 3. The summed E-state index contributed by atoms with van der Waals surface area (Å²) in [4.78, 5) is 8.76. The summed E-state index contributed by atoms with van der Waals surface area (Å²) in [5, 5.41) is 0. The smallest absolute Gasteiger partial charge is 0.111 e. The lowest BCUT2D eigenvalue weighted by Crippen LogP contribution is -2.15. The van der Waals surface area contributed by atoms with E-state index in [9.17, 15) is 0 Å². The number of alkyl halides is 1. The second-order valence-electron chi connectivity index (χ2n) is 5.16. The Labute approximate surface area is 113 Å². The highest BCUT2D eigenvalue weighted by Crippen LogP contribution is 2.20. The Morgan fingerprint density at radius 2 is 2.11 bits per heavy atom. The van der Waals surface area contributed by atoms with Gasteiger partial charge in [0.25, 0.3) is 0 Å². The Kier molecular flexibility index (Phi) is 4.23. The van der Waals surface area contributed by atoms with E-state index in [2.05, 4.69) is 35.3 Å². The van der Waals surface area contributed by atoms with E-state index in [1.54, 1.807) is 0 Å². The van der Waals surface area contributed by atoms with Crippen LogP contribution in [0.4, 0.5) is 0 Å². The first-order chi connectivity index (χ1) is 8.63. The molecule has 98 valence electrons. The SMILES string of the molecule is CC(C)C(C)Cn1c(CCCl)nc2cnccc21. The third-order valence-electron chi connectivity index (χ3n) is 3.56. The van der Waals surface area contributed by atoms with Gasteiger partial charge >= 0.3 is 0 Å². The van der Waals surface area contributed by atoms with Crippen molar-refractivity contribution >= 4 is 22.6 Å². The molecule has 0 spiro atoms. The lowest BCUT2D eigenvalue weighted by Gasteiger charge is -2.18. The summed E-state index contributed by atoms with van der Waals surface area (Å²) in [7, 11) is 0. The number of rotatable bonds is 5. The molecule has 2 aromatic heterocycles. The van der Waals surface area contributed by atoms with E-state index in [0.717, 1.165) is 29.8 Å². The quantitative estimate of drug-likeness (QED) is 0.775. The van der Waals surface area contributed by atoms with Gasteiger partial charge in [-0.05, 0) is 17.9 Å². The Bertz CT molecular complexity index is 519. The molecule has 0 amide bonds. The number of imidazole rings is 1. The second-order valence-corrected chi connectivity index (χ2v) is 5.54. The van der Waals surface area contributed by atoms with Crippen LogP contribution in [-0.4, -0.2) is 20.4 Å². The number of pyridine rings is 1. The molecule has 0 saturated carbocycles. The molecule has 0 N–H and O–H groups in total. The highest BCUT2D eigenvalue weighted by molar-refractivity contribution is 6.17. The zero-order chi connectivity index (χ0) is 13.1. The fourth-order valence-electron chi connectivity index (χ4n) is 2.01. The maximum Gasteiger partial charge on any atom is 0.111 e. The van der Waals surface area contributed by atoms with E-state index in [1.807, 2.05) is 18.5 Å². The number of aryl methyl sites for hydroxylation is 1. The standard InChI is InChI=1S/C14H20ClN3/c1-10(2)11(3)9-18-13-5-7-16-8-12(13)17-14(18)4-6-15/h5,7-8,10-11H,4,6,9H2,1-3H3. The molecular formula is C14H20ClN3. The van der Waals surface area contributed by atoms with Crippen molar-refractivity contribution in [3.05, 3.63) is 24.3 Å². The van der Waals surface area contributed by atoms with Gasteiger partial charge in [-0.1, -0.05) is 20.8 Å². The minimum Gasteiger partial charge on any atom is -0.328 e. The Morgan fingerprint density at radius 1 is 1.33 bits per heavy atom. The topological polar surface area (TPSA) is 30.7 Å². The maximum absolute atomic E-state index is 5.87. The molecule has 1 unspecified atom stereocenters. The average Bonchev–Trinajstić information content (AvgIpc) is 2.68. The van der Waals surface area contributed by atoms with Crippen LogP contribution in [0.5, 0.6) is 0 Å². The van der Waals surface area contributed by atoms with Crippen molar-refractivity contribution in [1.82, 2.24) is 14.5 Å². The molecule has 2 aromatic rings. The fourth-order valence-corrected chi connectivity index (χ4v) is 2.18. The van der Waals surface area contributed by atoms with Gasteiger partial charge in [-0.2, -0.15) is 0 Å². The molecule has 0 aliphatic rings. The highest BCUT2D eigenvalue weighted by Gasteiger charge is 2.14. The molecule has 2 rings (SSSR count). The average molecular weight is 266 g/mol. The number of hydrogen-bond acceptors (Lipinski definition) is 2. The van der Waals surface area contributed by atoms with Crippen molar-refractivity contribution in [2.24, 2.45) is 11.8 Å². The summed E-state index contributed by atoms with van der Waals surface area (Å²) in [5.41, 5.74) is 2.13. The summed E-state index contributed by atoms with van der Waals surface area (Å²) >= 11 is 5.87. The van der Waals surface area contributed by atoms with E-state index in [-0.39, 0.29) is 0 Å². The van der Waals surface area contributed by atoms with Crippen LogP contribution in [0.15, 0.2) is 18.5 Å². The third-order valence-corrected chi connectivity index (χ3v) is 3.75. The van der Waals surface area contributed by atoms with Gasteiger partial charge < -0.3 is 4.57 Å². The molecule has 1 atom stereocenters. The normalized spacial score (nSPS) is 13.4. The van der Waals surface area contributed by atoms with Crippen LogP contribution in [0.3, 0.4) is 0 Å². The van der Waals surface area contributed by atoms with Crippen molar-refractivity contribution in [3.63, 3.8) is 0 Å². The van der Waals surface area contributed by atoms with Crippen LogP contribution in [0, 0.1) is 11.8 Å². The Hall–Kier alpha value is -1.09. The van der Waals surface area contributed by atoms with Gasteiger partial charge in [0.2, 0.25) is 0 Å². The second kappa shape index (κ2) is 5.70. The van der Waals surface area contributed by atoms with E-state index >= 15 is 0 Å². The van der Waals surface area contributed by atoms with Crippen LogP contribution in [-0.2, 0) is 13.0 Å². The number of halogens is 1. The molecule has 4 heteroatoms. The molecule has 0 fully saturated rings. The molecule has 0 saturated heterocycles. The maximum atomic E-state index is 5.87. The fraction of sp³-hybridized carbons (Fsp3) is 0.571. The first-order valence-electron chi connectivity index (χ1n) is 6.48. The highest BCUT2D eigenvalue weighted by atomic mass is 35.5. The van der Waals surface area contributed by atoms with Gasteiger partial charge in [-0.25, -0.2) is 4.98 Å². The summed E-state index contributed by atoms with van der Waals surface area (Å²) < 4.78 is 2.30. The number of fused-ring (bicyclic) bond motifs is 1. The van der Waals surface area contributed by atoms with Crippen molar-refractivity contribution in [2.45, 2.75) is 33.7 Å². The van der Waals surface area contributed by atoms with Gasteiger partial charge in [0.05, 0.1) is 11.7 Å². The zero-order valence-electron chi connectivity index (χ0n) is 11.2. The van der Waals surface area contributed by atoms with Crippen LogP contribution in [0.1, 0.15) is 26.6 Å². The predicted octanol–water partition coefficient (Wildman–Crippen LogP) is 3.50. The number of aromatic nitrogens is 3. The first kappa shape index (κ1) is 13.3. The Balaban J connectivity index is 2.41. The number of hydrogen-bond donors (Lipinski definition) is 0. The molecule has 18 heavy (non-hydrogen) atoms. The molecule has 0 aromatic carbocycles. The summed E-state index contributed by atoms with van der Waals surface area (Å²) in [6, 6.07) is 2.03. The lowest BCUT2D eigenvalue weighted by atomic mass is 9.98. The van der Waals surface area contributed by atoms with Gasteiger partial charge in [0.15, 0.2) is 0 Å². The lowest BCUT2D eigenvalue weighted by molar-refractivity contribution is 0.364. The minimum absolute atomic E-state index is 0.604. The van der Waals surface area contributed by atoms with Gasteiger partial charge in [0, 0.05) is 25.0 Å². The van der Waals surface area contributed by atoms with Crippen molar-refractivity contribution in [3.8, 4) is 0 Å². The minimum atomic E-state index is 0.604. The first-order valence-corrected chi connectivity index (χ1v) is 7.02.